The van der Waals surface area contributed by atoms with Crippen LogP contribution in [0.4, 0.5) is 0 Å². The number of para-hydroxylation sites is 1. The average molecular weight is 471 g/mol. The van der Waals surface area contributed by atoms with Gasteiger partial charge in [-0.05, 0) is 45.4 Å². The van der Waals surface area contributed by atoms with Crippen LogP contribution in [-0.4, -0.2) is 31.2 Å². The molecular weight excluding hydrogens is 448 g/mol. The highest BCUT2D eigenvalue weighted by molar-refractivity contribution is 7.99. The minimum absolute atomic E-state index is 0.164. The van der Waals surface area contributed by atoms with Crippen molar-refractivity contribution < 1.29 is 9.53 Å². The highest BCUT2D eigenvalue weighted by atomic mass is 32.2. The summed E-state index contributed by atoms with van der Waals surface area (Å²) in [4.78, 5) is 53.4. The van der Waals surface area contributed by atoms with Crippen molar-refractivity contribution in [2.75, 3.05) is 0 Å². The standard InChI is InChI=1S/C22H22N4O4S2/c1-10-12(3)32-21-17(10)20(28)24-16(25-21)9-31-13(4)22(29)30-11(2)18-23-15-8-6-5-7-14(15)19(27)26-18/h5-8,11,13H,9H2,1-4H3,(H,23,26,27)(H,24,25,28)/t11-,13+/m0/s1. The molecule has 10 heteroatoms. The lowest BCUT2D eigenvalue weighted by atomic mass is 10.2. The molecule has 0 bridgehead atoms. The number of thioether (sulfide) groups is 1. The second kappa shape index (κ2) is 8.87. The number of aromatic nitrogens is 4. The Bertz CT molecular complexity index is 1440. The van der Waals surface area contributed by atoms with Crippen LogP contribution < -0.4 is 11.1 Å². The molecule has 8 nitrogen and oxygen atoms in total. The van der Waals surface area contributed by atoms with Gasteiger partial charge in [0.2, 0.25) is 0 Å². The van der Waals surface area contributed by atoms with Crippen LogP contribution in [0.5, 0.6) is 0 Å². The first kappa shape index (κ1) is 22.2. The fourth-order valence-electron chi connectivity index (χ4n) is 3.26. The number of aryl methyl sites for hydroxylation is 2. The van der Waals surface area contributed by atoms with Crippen LogP contribution in [0.2, 0.25) is 0 Å². The normalized spacial score (nSPS) is 13.4. The lowest BCUT2D eigenvalue weighted by Gasteiger charge is -2.16. The predicted octanol–water partition coefficient (Wildman–Crippen LogP) is 3.76. The Morgan fingerprint density at radius 1 is 1.12 bits per heavy atom. The van der Waals surface area contributed by atoms with E-state index in [4.69, 9.17) is 4.74 Å². The van der Waals surface area contributed by atoms with Gasteiger partial charge in [0.05, 0.1) is 22.0 Å². The number of thiophene rings is 1. The summed E-state index contributed by atoms with van der Waals surface area (Å²) < 4.78 is 5.52. The molecule has 0 aliphatic heterocycles. The summed E-state index contributed by atoms with van der Waals surface area (Å²) in [6, 6.07) is 6.99. The van der Waals surface area contributed by atoms with E-state index in [9.17, 15) is 14.4 Å². The Hall–Kier alpha value is -2.98. The van der Waals surface area contributed by atoms with Gasteiger partial charge < -0.3 is 14.7 Å². The van der Waals surface area contributed by atoms with Crippen LogP contribution in [0.1, 0.15) is 42.0 Å². The Morgan fingerprint density at radius 3 is 2.66 bits per heavy atom. The molecule has 0 radical (unpaired) electrons. The third-order valence-electron chi connectivity index (χ3n) is 5.20. The fourth-order valence-corrected chi connectivity index (χ4v) is 5.05. The molecule has 166 valence electrons. The van der Waals surface area contributed by atoms with E-state index in [1.807, 2.05) is 13.8 Å². The van der Waals surface area contributed by atoms with E-state index in [-0.39, 0.29) is 11.1 Å². The van der Waals surface area contributed by atoms with Crippen molar-refractivity contribution in [1.29, 1.82) is 0 Å². The van der Waals surface area contributed by atoms with Crippen molar-refractivity contribution in [3.05, 3.63) is 67.1 Å². The smallest absolute Gasteiger partial charge is 0.319 e. The van der Waals surface area contributed by atoms with E-state index >= 15 is 0 Å². The van der Waals surface area contributed by atoms with Crippen molar-refractivity contribution >= 4 is 50.2 Å². The summed E-state index contributed by atoms with van der Waals surface area (Å²) in [5.74, 6) is 0.724. The quantitative estimate of drug-likeness (QED) is 0.412. The molecule has 2 atom stereocenters. The second-order valence-corrected chi connectivity index (χ2v) is 10.0. The number of carbonyl (C=O) groups is 1. The Balaban J connectivity index is 1.42. The topological polar surface area (TPSA) is 118 Å². The number of nitrogens with one attached hydrogen (secondary N) is 2. The van der Waals surface area contributed by atoms with Gasteiger partial charge in [0.25, 0.3) is 11.1 Å². The number of nitrogens with zero attached hydrogens (tertiary/aromatic N) is 2. The van der Waals surface area contributed by atoms with Crippen LogP contribution in [0.15, 0.2) is 33.9 Å². The molecule has 0 fully saturated rings. The first-order valence-corrected chi connectivity index (χ1v) is 11.9. The number of rotatable bonds is 6. The zero-order valence-electron chi connectivity index (χ0n) is 18.0. The van der Waals surface area contributed by atoms with E-state index in [1.165, 1.54) is 23.1 Å². The predicted molar refractivity (Wildman–Crippen MR) is 127 cm³/mol. The van der Waals surface area contributed by atoms with E-state index < -0.39 is 17.3 Å². The number of ether oxygens (including phenoxy) is 1. The molecule has 0 aliphatic carbocycles. The Kier molecular flexibility index (Phi) is 6.16. The zero-order chi connectivity index (χ0) is 23.0. The summed E-state index contributed by atoms with van der Waals surface area (Å²) in [6.45, 7) is 7.27. The van der Waals surface area contributed by atoms with Gasteiger partial charge in [0.15, 0.2) is 11.9 Å². The number of hydrogen-bond acceptors (Lipinski definition) is 8. The zero-order valence-corrected chi connectivity index (χ0v) is 19.6. The Labute approximate surface area is 191 Å². The van der Waals surface area contributed by atoms with E-state index in [1.54, 1.807) is 38.1 Å². The van der Waals surface area contributed by atoms with Crippen LogP contribution >= 0.6 is 23.1 Å². The van der Waals surface area contributed by atoms with Crippen molar-refractivity contribution in [2.24, 2.45) is 0 Å². The van der Waals surface area contributed by atoms with Crippen LogP contribution in [0.25, 0.3) is 21.1 Å². The summed E-state index contributed by atoms with van der Waals surface area (Å²) >= 11 is 2.80. The molecule has 0 spiro atoms. The lowest BCUT2D eigenvalue weighted by molar-refractivity contribution is -0.147. The molecule has 0 saturated heterocycles. The van der Waals surface area contributed by atoms with Gasteiger partial charge in [-0.2, -0.15) is 0 Å². The van der Waals surface area contributed by atoms with E-state index in [0.29, 0.717) is 38.5 Å². The second-order valence-electron chi connectivity index (χ2n) is 7.48. The number of H-pyrrole nitrogens is 2. The largest absolute Gasteiger partial charge is 0.454 e. The van der Waals surface area contributed by atoms with Crippen LogP contribution in [0, 0.1) is 13.8 Å². The summed E-state index contributed by atoms with van der Waals surface area (Å²) in [7, 11) is 0. The molecule has 32 heavy (non-hydrogen) atoms. The molecule has 3 aromatic heterocycles. The highest BCUT2D eigenvalue weighted by Crippen LogP contribution is 2.27. The molecule has 2 N–H and O–H groups in total. The van der Waals surface area contributed by atoms with Gasteiger partial charge >= 0.3 is 5.97 Å². The van der Waals surface area contributed by atoms with Gasteiger partial charge in [-0.25, -0.2) is 9.97 Å². The summed E-state index contributed by atoms with van der Waals surface area (Å²) in [5.41, 5.74) is 1.05. The fraction of sp³-hybridized carbons (Fsp3) is 0.318. The lowest BCUT2D eigenvalue weighted by Crippen LogP contribution is -2.22. The summed E-state index contributed by atoms with van der Waals surface area (Å²) in [6.07, 6.45) is -0.714. The molecule has 0 amide bonds. The Morgan fingerprint density at radius 2 is 1.88 bits per heavy atom. The third-order valence-corrected chi connectivity index (χ3v) is 7.43. The molecular formula is C22H22N4O4S2. The SMILES string of the molecule is Cc1sc2nc(CS[C@H](C)C(=O)O[C@@H](C)c3nc4ccccc4c(=O)[nH]3)[nH]c(=O)c2c1C. The number of benzene rings is 1. The minimum Gasteiger partial charge on any atom is -0.454 e. The monoisotopic (exact) mass is 470 g/mol. The van der Waals surface area contributed by atoms with Gasteiger partial charge in [-0.15, -0.1) is 23.1 Å². The van der Waals surface area contributed by atoms with Crippen LogP contribution in [0.3, 0.4) is 0 Å². The maximum atomic E-state index is 12.6. The van der Waals surface area contributed by atoms with Crippen molar-refractivity contribution in [2.45, 2.75) is 44.8 Å². The van der Waals surface area contributed by atoms with Crippen molar-refractivity contribution in [3.63, 3.8) is 0 Å². The van der Waals surface area contributed by atoms with E-state index in [2.05, 4.69) is 19.9 Å². The van der Waals surface area contributed by atoms with E-state index in [0.717, 1.165) is 10.4 Å². The number of hydrogen-bond donors (Lipinski definition) is 2. The number of esters is 1. The third kappa shape index (κ3) is 4.33. The average Bonchev–Trinajstić information content (AvgIpc) is 3.05. The molecule has 4 aromatic rings. The number of fused-ring (bicyclic) bond motifs is 2. The maximum absolute atomic E-state index is 12.6. The van der Waals surface area contributed by atoms with Gasteiger partial charge in [0, 0.05) is 4.88 Å². The maximum Gasteiger partial charge on any atom is 0.319 e. The molecule has 0 saturated carbocycles. The molecule has 1 aromatic carbocycles. The van der Waals surface area contributed by atoms with Crippen molar-refractivity contribution in [3.8, 4) is 0 Å². The molecule has 3 heterocycles. The molecule has 0 aliphatic rings. The van der Waals surface area contributed by atoms with Gasteiger partial charge in [-0.3, -0.25) is 14.4 Å². The minimum atomic E-state index is -0.714. The van der Waals surface area contributed by atoms with Gasteiger partial charge in [0.1, 0.15) is 15.9 Å². The first-order chi connectivity index (χ1) is 15.2. The van der Waals surface area contributed by atoms with Gasteiger partial charge in [-0.1, -0.05) is 12.1 Å². The molecule has 4 rings (SSSR count). The molecule has 0 unspecified atom stereocenters. The van der Waals surface area contributed by atoms with Crippen molar-refractivity contribution in [1.82, 2.24) is 19.9 Å². The summed E-state index contributed by atoms with van der Waals surface area (Å²) in [5, 5.41) is 0.602. The number of aromatic amines is 2. The van der Waals surface area contributed by atoms with Crippen LogP contribution in [-0.2, 0) is 15.3 Å². The number of carbonyl (C=O) groups excluding carboxylic acids is 1. The first-order valence-electron chi connectivity index (χ1n) is 10.0. The highest BCUT2D eigenvalue weighted by Gasteiger charge is 2.21.